The predicted molar refractivity (Wildman–Crippen MR) is 128 cm³/mol. The van der Waals surface area contributed by atoms with E-state index in [1.54, 1.807) is 4.68 Å². The van der Waals surface area contributed by atoms with Gasteiger partial charge in [0.05, 0.1) is 11.4 Å². The molecule has 0 aliphatic carbocycles. The molecule has 3 rings (SSSR count). The Morgan fingerprint density at radius 2 is 1.71 bits per heavy atom. The van der Waals surface area contributed by atoms with Crippen LogP contribution in [-0.2, 0) is 10.2 Å². The third-order valence-corrected chi connectivity index (χ3v) is 5.03. The Morgan fingerprint density at radius 3 is 2.32 bits per heavy atom. The molecule has 180 valence electrons. The van der Waals surface area contributed by atoms with Crippen LogP contribution in [0.25, 0.3) is 5.69 Å². The molecule has 0 atom stereocenters. The Hall–Kier alpha value is -3.75. The fraction of sp³-hybridized carbons (Fsp3) is 0.320. The summed E-state index contributed by atoms with van der Waals surface area (Å²) in [5.41, 5.74) is 1.45. The van der Waals surface area contributed by atoms with Gasteiger partial charge in [-0.2, -0.15) is 5.10 Å². The van der Waals surface area contributed by atoms with E-state index in [1.165, 1.54) is 11.0 Å². The Kier molecular flexibility index (Phi) is 7.65. The van der Waals surface area contributed by atoms with Crippen molar-refractivity contribution in [1.29, 1.82) is 0 Å². The van der Waals surface area contributed by atoms with Crippen molar-refractivity contribution in [3.63, 3.8) is 0 Å². The zero-order valence-corrected chi connectivity index (χ0v) is 19.7. The van der Waals surface area contributed by atoms with E-state index >= 15 is 0 Å². The highest BCUT2D eigenvalue weighted by molar-refractivity contribution is 5.96. The second kappa shape index (κ2) is 10.5. The lowest BCUT2D eigenvalue weighted by molar-refractivity contribution is -0.116. The van der Waals surface area contributed by atoms with Gasteiger partial charge >= 0.3 is 6.03 Å². The number of halogens is 2. The van der Waals surface area contributed by atoms with Crippen LogP contribution in [0.15, 0.2) is 54.6 Å². The molecular formula is C25H29F2N5O2. The Labute approximate surface area is 197 Å². The number of rotatable bonds is 7. The highest BCUT2D eigenvalue weighted by Gasteiger charge is 2.23. The summed E-state index contributed by atoms with van der Waals surface area (Å²) >= 11 is 0. The van der Waals surface area contributed by atoms with Crippen LogP contribution in [0, 0.1) is 11.6 Å². The molecule has 3 aromatic rings. The molecule has 2 N–H and O–H groups in total. The van der Waals surface area contributed by atoms with Gasteiger partial charge in [0.2, 0.25) is 5.91 Å². The summed E-state index contributed by atoms with van der Waals surface area (Å²) < 4.78 is 28.3. The molecular weight excluding hydrogens is 440 g/mol. The summed E-state index contributed by atoms with van der Waals surface area (Å²) in [6.07, 6.45) is 0.606. The van der Waals surface area contributed by atoms with Crippen LogP contribution < -0.4 is 10.6 Å². The number of aromatic nitrogens is 2. The smallest absolute Gasteiger partial charge is 0.315 e. The van der Waals surface area contributed by atoms with E-state index in [0.717, 1.165) is 23.5 Å². The second-order valence-electron chi connectivity index (χ2n) is 8.94. The van der Waals surface area contributed by atoms with Crippen LogP contribution in [0.3, 0.4) is 0 Å². The van der Waals surface area contributed by atoms with Crippen molar-refractivity contribution in [3.05, 3.63) is 71.9 Å². The number of benzene rings is 2. The van der Waals surface area contributed by atoms with Gasteiger partial charge < -0.3 is 15.5 Å². The van der Waals surface area contributed by atoms with Crippen molar-refractivity contribution in [2.75, 3.05) is 23.7 Å². The summed E-state index contributed by atoms with van der Waals surface area (Å²) in [7, 11) is 0. The normalized spacial score (nSPS) is 11.2. The summed E-state index contributed by atoms with van der Waals surface area (Å²) in [4.78, 5) is 26.9. The van der Waals surface area contributed by atoms with E-state index in [0.29, 0.717) is 18.8 Å². The van der Waals surface area contributed by atoms with Crippen LogP contribution in [0.4, 0.5) is 25.1 Å². The molecule has 3 amide bonds. The van der Waals surface area contributed by atoms with Gasteiger partial charge in [0, 0.05) is 29.8 Å². The number of hydrogen-bond donors (Lipinski definition) is 2. The standard InChI is InChI=1S/C25H29F2N5O2/c1-5-13-31(24(34)28-17-11-12-19(26)20(27)14-17)16-23(33)29-22-15-21(25(2,3)4)30-32(22)18-9-7-6-8-10-18/h6-12,14-15H,5,13,16H2,1-4H3,(H,28,34)(H,29,33). The van der Waals surface area contributed by atoms with Gasteiger partial charge in [0.15, 0.2) is 11.6 Å². The number of hydrogen-bond acceptors (Lipinski definition) is 3. The van der Waals surface area contributed by atoms with Crippen molar-refractivity contribution in [1.82, 2.24) is 14.7 Å². The minimum atomic E-state index is -1.07. The third-order valence-electron chi connectivity index (χ3n) is 5.03. The number of para-hydroxylation sites is 1. The maximum Gasteiger partial charge on any atom is 0.322 e. The van der Waals surface area contributed by atoms with Crippen molar-refractivity contribution in [3.8, 4) is 5.69 Å². The summed E-state index contributed by atoms with van der Waals surface area (Å²) in [6.45, 7) is 8.03. The Morgan fingerprint density at radius 1 is 1.00 bits per heavy atom. The first kappa shape index (κ1) is 24.9. The number of carbonyl (C=O) groups is 2. The quantitative estimate of drug-likeness (QED) is 0.491. The molecule has 0 spiro atoms. The van der Waals surface area contributed by atoms with Gasteiger partial charge in [-0.1, -0.05) is 45.9 Å². The minimum absolute atomic E-state index is 0.0994. The minimum Gasteiger partial charge on any atom is -0.315 e. The fourth-order valence-electron chi connectivity index (χ4n) is 3.26. The number of amides is 3. The topological polar surface area (TPSA) is 79.3 Å². The molecule has 34 heavy (non-hydrogen) atoms. The number of nitrogens with zero attached hydrogens (tertiary/aromatic N) is 3. The van der Waals surface area contributed by atoms with E-state index < -0.39 is 23.6 Å². The predicted octanol–water partition coefficient (Wildman–Crippen LogP) is 5.33. The molecule has 0 saturated carbocycles. The summed E-state index contributed by atoms with van der Waals surface area (Å²) in [6, 6.07) is 13.7. The molecule has 0 aliphatic rings. The SMILES string of the molecule is CCCN(CC(=O)Nc1cc(C(C)(C)C)nn1-c1ccccc1)C(=O)Nc1ccc(F)c(F)c1. The highest BCUT2D eigenvalue weighted by Crippen LogP contribution is 2.26. The second-order valence-corrected chi connectivity index (χ2v) is 8.94. The first-order valence-electron chi connectivity index (χ1n) is 11.0. The van der Waals surface area contributed by atoms with Gasteiger partial charge in [0.1, 0.15) is 12.4 Å². The highest BCUT2D eigenvalue weighted by atomic mass is 19.2. The van der Waals surface area contributed by atoms with Gasteiger partial charge in [-0.15, -0.1) is 0 Å². The summed E-state index contributed by atoms with van der Waals surface area (Å²) in [5.74, 6) is -2.00. The zero-order valence-electron chi connectivity index (χ0n) is 19.7. The molecule has 0 fully saturated rings. The Bertz CT molecular complexity index is 1160. The molecule has 0 bridgehead atoms. The van der Waals surface area contributed by atoms with Crippen molar-refractivity contribution in [2.45, 2.75) is 39.5 Å². The Balaban J connectivity index is 1.77. The van der Waals surface area contributed by atoms with E-state index in [2.05, 4.69) is 15.7 Å². The van der Waals surface area contributed by atoms with Crippen LogP contribution in [0.5, 0.6) is 0 Å². The van der Waals surface area contributed by atoms with Crippen molar-refractivity contribution >= 4 is 23.4 Å². The van der Waals surface area contributed by atoms with E-state index in [9.17, 15) is 18.4 Å². The lowest BCUT2D eigenvalue weighted by atomic mass is 9.92. The molecule has 7 nitrogen and oxygen atoms in total. The first-order valence-corrected chi connectivity index (χ1v) is 11.0. The molecule has 2 aromatic carbocycles. The lowest BCUT2D eigenvalue weighted by Crippen LogP contribution is -2.41. The molecule has 1 heterocycles. The molecule has 1 aromatic heterocycles. The van der Waals surface area contributed by atoms with Crippen molar-refractivity contribution in [2.24, 2.45) is 0 Å². The monoisotopic (exact) mass is 469 g/mol. The van der Waals surface area contributed by atoms with Gasteiger partial charge in [0.25, 0.3) is 0 Å². The van der Waals surface area contributed by atoms with E-state index in [4.69, 9.17) is 0 Å². The number of nitrogens with one attached hydrogen (secondary N) is 2. The summed E-state index contributed by atoms with van der Waals surface area (Å²) in [5, 5.41) is 10.0. The van der Waals surface area contributed by atoms with Crippen LogP contribution in [-0.4, -0.2) is 39.7 Å². The average molecular weight is 470 g/mol. The number of anilines is 2. The number of carbonyl (C=O) groups excluding carboxylic acids is 2. The van der Waals surface area contributed by atoms with E-state index in [1.807, 2.05) is 64.1 Å². The first-order chi connectivity index (χ1) is 16.1. The van der Waals surface area contributed by atoms with Crippen LogP contribution in [0.2, 0.25) is 0 Å². The van der Waals surface area contributed by atoms with Crippen LogP contribution in [0.1, 0.15) is 39.8 Å². The average Bonchev–Trinajstić information content (AvgIpc) is 3.21. The maximum atomic E-state index is 13.5. The number of urea groups is 1. The molecule has 0 radical (unpaired) electrons. The maximum absolute atomic E-state index is 13.5. The van der Waals surface area contributed by atoms with Crippen molar-refractivity contribution < 1.29 is 18.4 Å². The molecule has 9 heteroatoms. The third kappa shape index (κ3) is 6.18. The molecule has 0 aliphatic heterocycles. The van der Waals surface area contributed by atoms with Gasteiger partial charge in [-0.25, -0.2) is 18.3 Å². The largest absolute Gasteiger partial charge is 0.322 e. The van der Waals surface area contributed by atoms with E-state index in [-0.39, 0.29) is 17.6 Å². The fourth-order valence-corrected chi connectivity index (χ4v) is 3.26. The van der Waals surface area contributed by atoms with Gasteiger partial charge in [-0.3, -0.25) is 4.79 Å². The van der Waals surface area contributed by atoms with Gasteiger partial charge in [-0.05, 0) is 30.7 Å². The van der Waals surface area contributed by atoms with Crippen LogP contribution >= 0.6 is 0 Å². The lowest BCUT2D eigenvalue weighted by Gasteiger charge is -2.22. The molecule has 0 saturated heterocycles. The zero-order chi connectivity index (χ0) is 24.9. The molecule has 0 unspecified atom stereocenters.